The molecule has 1 fully saturated rings. The SMILES string of the molecule is CC(CCc1ccccc1F)C(=O)NC1(CC(=O)O)CCOCC1. The van der Waals surface area contributed by atoms with E-state index in [-0.39, 0.29) is 24.1 Å². The van der Waals surface area contributed by atoms with Gasteiger partial charge in [0.1, 0.15) is 5.82 Å². The van der Waals surface area contributed by atoms with E-state index in [4.69, 9.17) is 9.84 Å². The Bertz CT molecular complexity index is 584. The van der Waals surface area contributed by atoms with Gasteiger partial charge in [0, 0.05) is 19.1 Å². The summed E-state index contributed by atoms with van der Waals surface area (Å²) in [5, 5.41) is 12.1. The molecule has 1 amide bonds. The van der Waals surface area contributed by atoms with Crippen molar-refractivity contribution in [2.75, 3.05) is 13.2 Å². The Balaban J connectivity index is 1.93. The van der Waals surface area contributed by atoms with Crippen LogP contribution < -0.4 is 5.32 Å². The quantitative estimate of drug-likeness (QED) is 0.802. The fourth-order valence-corrected chi connectivity index (χ4v) is 2.99. The molecule has 0 aromatic heterocycles. The van der Waals surface area contributed by atoms with Gasteiger partial charge in [0.25, 0.3) is 0 Å². The number of benzene rings is 1. The van der Waals surface area contributed by atoms with Crippen LogP contribution in [-0.4, -0.2) is 35.7 Å². The number of rotatable bonds is 7. The van der Waals surface area contributed by atoms with Crippen molar-refractivity contribution in [3.05, 3.63) is 35.6 Å². The largest absolute Gasteiger partial charge is 0.481 e. The lowest BCUT2D eigenvalue weighted by atomic mass is 9.85. The van der Waals surface area contributed by atoms with E-state index in [0.29, 0.717) is 44.5 Å². The normalized spacial score (nSPS) is 17.9. The molecule has 24 heavy (non-hydrogen) atoms. The number of carbonyl (C=O) groups excluding carboxylic acids is 1. The number of halogens is 1. The summed E-state index contributed by atoms with van der Waals surface area (Å²) < 4.78 is 18.9. The topological polar surface area (TPSA) is 75.6 Å². The number of aryl methyl sites for hydroxylation is 1. The number of nitrogens with one attached hydrogen (secondary N) is 1. The van der Waals surface area contributed by atoms with Crippen LogP contribution in [0.25, 0.3) is 0 Å². The van der Waals surface area contributed by atoms with Crippen molar-refractivity contribution in [3.63, 3.8) is 0 Å². The van der Waals surface area contributed by atoms with E-state index < -0.39 is 11.5 Å². The predicted octanol–water partition coefficient (Wildman–Crippen LogP) is 2.53. The number of carboxylic acid groups (broad SMARTS) is 1. The molecule has 132 valence electrons. The van der Waals surface area contributed by atoms with E-state index in [1.807, 2.05) is 0 Å². The lowest BCUT2D eigenvalue weighted by Gasteiger charge is -2.37. The van der Waals surface area contributed by atoms with Crippen molar-refractivity contribution in [2.45, 2.75) is 44.6 Å². The van der Waals surface area contributed by atoms with Crippen molar-refractivity contribution >= 4 is 11.9 Å². The molecule has 1 unspecified atom stereocenters. The zero-order chi connectivity index (χ0) is 17.6. The molecule has 0 saturated carbocycles. The minimum atomic E-state index is -0.934. The second-order valence-corrected chi connectivity index (χ2v) is 6.48. The maximum absolute atomic E-state index is 13.6. The van der Waals surface area contributed by atoms with Crippen LogP contribution in [0.5, 0.6) is 0 Å². The summed E-state index contributed by atoms with van der Waals surface area (Å²) in [6.45, 7) is 2.66. The van der Waals surface area contributed by atoms with Crippen molar-refractivity contribution < 1.29 is 23.8 Å². The van der Waals surface area contributed by atoms with Crippen molar-refractivity contribution in [3.8, 4) is 0 Å². The molecular weight excluding hydrogens is 313 g/mol. The molecule has 1 aromatic carbocycles. The molecule has 1 heterocycles. The second-order valence-electron chi connectivity index (χ2n) is 6.48. The molecule has 1 saturated heterocycles. The van der Waals surface area contributed by atoms with Crippen LogP contribution in [0, 0.1) is 11.7 Å². The second kappa shape index (κ2) is 8.24. The number of carbonyl (C=O) groups is 2. The molecule has 1 atom stereocenters. The third-order valence-corrected chi connectivity index (χ3v) is 4.58. The highest BCUT2D eigenvalue weighted by Gasteiger charge is 2.37. The van der Waals surface area contributed by atoms with E-state index in [0.717, 1.165) is 0 Å². The van der Waals surface area contributed by atoms with Gasteiger partial charge in [0.2, 0.25) is 5.91 Å². The van der Waals surface area contributed by atoms with E-state index in [2.05, 4.69) is 5.32 Å². The van der Waals surface area contributed by atoms with Crippen LogP contribution in [0.1, 0.15) is 38.2 Å². The number of hydrogen-bond donors (Lipinski definition) is 2. The summed E-state index contributed by atoms with van der Waals surface area (Å²) in [4.78, 5) is 23.6. The van der Waals surface area contributed by atoms with Crippen molar-refractivity contribution in [2.24, 2.45) is 5.92 Å². The summed E-state index contributed by atoms with van der Waals surface area (Å²) in [6, 6.07) is 6.52. The van der Waals surface area contributed by atoms with Gasteiger partial charge in [-0.1, -0.05) is 25.1 Å². The molecule has 2 N–H and O–H groups in total. The van der Waals surface area contributed by atoms with Gasteiger partial charge in [-0.05, 0) is 37.3 Å². The van der Waals surface area contributed by atoms with Crippen LogP contribution in [0.2, 0.25) is 0 Å². The maximum atomic E-state index is 13.6. The number of hydrogen-bond acceptors (Lipinski definition) is 3. The van der Waals surface area contributed by atoms with Gasteiger partial charge < -0.3 is 15.2 Å². The Morgan fingerprint density at radius 1 is 1.33 bits per heavy atom. The highest BCUT2D eigenvalue weighted by atomic mass is 19.1. The highest BCUT2D eigenvalue weighted by Crippen LogP contribution is 2.25. The number of amides is 1. The van der Waals surface area contributed by atoms with Gasteiger partial charge in [-0.2, -0.15) is 0 Å². The Labute approximate surface area is 141 Å². The van der Waals surface area contributed by atoms with Crippen molar-refractivity contribution in [1.82, 2.24) is 5.32 Å². The van der Waals surface area contributed by atoms with Gasteiger partial charge in [0.05, 0.1) is 12.0 Å². The first-order chi connectivity index (χ1) is 11.4. The van der Waals surface area contributed by atoms with Gasteiger partial charge in [-0.25, -0.2) is 4.39 Å². The van der Waals surface area contributed by atoms with Gasteiger partial charge >= 0.3 is 5.97 Å². The molecule has 0 radical (unpaired) electrons. The smallest absolute Gasteiger partial charge is 0.305 e. The molecule has 2 rings (SSSR count). The zero-order valence-electron chi connectivity index (χ0n) is 13.9. The van der Waals surface area contributed by atoms with Crippen LogP contribution in [0.4, 0.5) is 4.39 Å². The van der Waals surface area contributed by atoms with Crippen LogP contribution in [0.15, 0.2) is 24.3 Å². The molecule has 1 aromatic rings. The van der Waals surface area contributed by atoms with E-state index in [1.165, 1.54) is 6.07 Å². The first-order valence-corrected chi connectivity index (χ1v) is 8.27. The fourth-order valence-electron chi connectivity index (χ4n) is 2.99. The minimum Gasteiger partial charge on any atom is -0.481 e. The molecule has 1 aliphatic rings. The standard InChI is InChI=1S/C18H24FNO4/c1-13(6-7-14-4-2-3-5-15(14)19)17(23)20-18(12-16(21)22)8-10-24-11-9-18/h2-5,13H,6-12H2,1H3,(H,20,23)(H,21,22). The third kappa shape index (κ3) is 5.03. The van der Waals surface area contributed by atoms with Gasteiger partial charge in [0.15, 0.2) is 0 Å². The van der Waals surface area contributed by atoms with Crippen LogP contribution >= 0.6 is 0 Å². The first-order valence-electron chi connectivity index (χ1n) is 8.27. The van der Waals surface area contributed by atoms with Gasteiger partial charge in [-0.3, -0.25) is 9.59 Å². The average Bonchev–Trinajstić information content (AvgIpc) is 2.53. The Hall–Kier alpha value is -1.95. The Morgan fingerprint density at radius 3 is 2.62 bits per heavy atom. The van der Waals surface area contributed by atoms with Crippen LogP contribution in [-0.2, 0) is 20.7 Å². The van der Waals surface area contributed by atoms with E-state index >= 15 is 0 Å². The van der Waals surface area contributed by atoms with E-state index in [9.17, 15) is 14.0 Å². The zero-order valence-corrected chi connectivity index (χ0v) is 13.9. The fraction of sp³-hybridized carbons (Fsp3) is 0.556. The Morgan fingerprint density at radius 2 is 2.00 bits per heavy atom. The molecule has 1 aliphatic heterocycles. The first kappa shape index (κ1) is 18.4. The number of ether oxygens (including phenoxy) is 1. The van der Waals surface area contributed by atoms with Gasteiger partial charge in [-0.15, -0.1) is 0 Å². The lowest BCUT2D eigenvalue weighted by Crippen LogP contribution is -2.54. The maximum Gasteiger partial charge on any atom is 0.305 e. The summed E-state index contributed by atoms with van der Waals surface area (Å²) in [5.74, 6) is -1.71. The Kier molecular flexibility index (Phi) is 6.31. The van der Waals surface area contributed by atoms with Crippen LogP contribution in [0.3, 0.4) is 0 Å². The molecule has 6 heteroatoms. The van der Waals surface area contributed by atoms with Crippen molar-refractivity contribution in [1.29, 1.82) is 0 Å². The highest BCUT2D eigenvalue weighted by molar-refractivity contribution is 5.80. The summed E-state index contributed by atoms with van der Waals surface area (Å²) >= 11 is 0. The third-order valence-electron chi connectivity index (χ3n) is 4.58. The summed E-state index contributed by atoms with van der Waals surface area (Å²) in [7, 11) is 0. The average molecular weight is 337 g/mol. The minimum absolute atomic E-state index is 0.109. The molecular formula is C18H24FNO4. The molecule has 5 nitrogen and oxygen atoms in total. The summed E-state index contributed by atoms with van der Waals surface area (Å²) in [5.41, 5.74) is -0.156. The number of carboxylic acids is 1. The summed E-state index contributed by atoms with van der Waals surface area (Å²) in [6.07, 6.45) is 1.85. The lowest BCUT2D eigenvalue weighted by molar-refractivity contribution is -0.141. The molecule has 0 aliphatic carbocycles. The van der Waals surface area contributed by atoms with E-state index in [1.54, 1.807) is 25.1 Å². The number of aliphatic carboxylic acids is 1. The predicted molar refractivity (Wildman–Crippen MR) is 87.1 cm³/mol. The molecule has 0 spiro atoms. The monoisotopic (exact) mass is 337 g/mol. The molecule has 0 bridgehead atoms.